The van der Waals surface area contributed by atoms with Crippen LogP contribution in [0, 0.1) is 11.6 Å². The Bertz CT molecular complexity index is 393. The molecule has 1 aromatic carbocycles. The Balaban J connectivity index is 3.36. The van der Waals surface area contributed by atoms with Crippen LogP contribution in [0.3, 0.4) is 0 Å². The van der Waals surface area contributed by atoms with Crippen LogP contribution in [0.25, 0.3) is 0 Å². The van der Waals surface area contributed by atoms with E-state index in [1.54, 1.807) is 0 Å². The fraction of sp³-hybridized carbons (Fsp3) is 0.300. The van der Waals surface area contributed by atoms with Gasteiger partial charge in [0.2, 0.25) is 5.91 Å². The van der Waals surface area contributed by atoms with Crippen molar-refractivity contribution in [2.24, 2.45) is 0 Å². The molecule has 0 saturated carbocycles. The molecule has 0 atom stereocenters. The first-order chi connectivity index (χ1) is 7.51. The molecule has 16 heavy (non-hydrogen) atoms. The average molecular weight is 231 g/mol. The molecule has 4 nitrogen and oxygen atoms in total. The first kappa shape index (κ1) is 12.2. The monoisotopic (exact) mass is 231 g/mol. The van der Waals surface area contributed by atoms with E-state index in [-0.39, 0.29) is 11.5 Å². The summed E-state index contributed by atoms with van der Waals surface area (Å²) < 4.78 is 36.5. The van der Waals surface area contributed by atoms with Crippen LogP contribution in [0.15, 0.2) is 6.07 Å². The largest absolute Gasteiger partial charge is 0.493 e. The standard InChI is InChI=1S/C10H11F2NO3/c1-5(14)13-10-8(11)6(15-2)4-7(16-3)9(10)12/h4H,1-3H3,(H,13,14). The zero-order valence-electron chi connectivity index (χ0n) is 9.06. The van der Waals surface area contributed by atoms with E-state index in [4.69, 9.17) is 9.47 Å². The Labute approximate surface area is 91.2 Å². The number of amides is 1. The van der Waals surface area contributed by atoms with E-state index in [1.807, 2.05) is 5.32 Å². The van der Waals surface area contributed by atoms with E-state index in [1.165, 1.54) is 14.2 Å². The van der Waals surface area contributed by atoms with Crippen LogP contribution in [0.4, 0.5) is 14.5 Å². The second-order valence-corrected chi connectivity index (χ2v) is 2.97. The summed E-state index contributed by atoms with van der Waals surface area (Å²) in [6, 6.07) is 1.07. The van der Waals surface area contributed by atoms with Gasteiger partial charge in [-0.05, 0) is 0 Å². The van der Waals surface area contributed by atoms with E-state index in [2.05, 4.69) is 0 Å². The number of benzene rings is 1. The van der Waals surface area contributed by atoms with E-state index in [0.717, 1.165) is 13.0 Å². The van der Waals surface area contributed by atoms with Gasteiger partial charge < -0.3 is 14.8 Å². The lowest BCUT2D eigenvalue weighted by Gasteiger charge is -2.12. The van der Waals surface area contributed by atoms with Crippen LogP contribution in [0.5, 0.6) is 11.5 Å². The molecule has 0 spiro atoms. The zero-order valence-corrected chi connectivity index (χ0v) is 9.06. The Kier molecular flexibility index (Phi) is 3.65. The van der Waals surface area contributed by atoms with Gasteiger partial charge in [0.15, 0.2) is 23.1 Å². The quantitative estimate of drug-likeness (QED) is 0.864. The van der Waals surface area contributed by atoms with Crippen LogP contribution in [0.1, 0.15) is 6.92 Å². The number of anilines is 1. The lowest BCUT2D eigenvalue weighted by atomic mass is 10.2. The lowest BCUT2D eigenvalue weighted by molar-refractivity contribution is -0.114. The molecule has 0 aliphatic rings. The van der Waals surface area contributed by atoms with Crippen LogP contribution in [-0.2, 0) is 4.79 Å². The first-order valence-corrected chi connectivity index (χ1v) is 4.38. The molecule has 0 fully saturated rings. The number of methoxy groups -OCH3 is 2. The molecule has 0 aliphatic carbocycles. The Morgan fingerprint density at radius 2 is 1.62 bits per heavy atom. The SMILES string of the molecule is COc1cc(OC)c(F)c(NC(C)=O)c1F. The van der Waals surface area contributed by atoms with Crippen molar-refractivity contribution < 1.29 is 23.0 Å². The van der Waals surface area contributed by atoms with E-state index in [0.29, 0.717) is 0 Å². The minimum Gasteiger partial charge on any atom is -0.493 e. The molecule has 0 unspecified atom stereocenters. The minimum absolute atomic E-state index is 0.206. The second-order valence-electron chi connectivity index (χ2n) is 2.97. The van der Waals surface area contributed by atoms with Crippen molar-refractivity contribution in [3.05, 3.63) is 17.7 Å². The number of carbonyl (C=O) groups is 1. The van der Waals surface area contributed by atoms with Gasteiger partial charge in [-0.25, -0.2) is 8.78 Å². The summed E-state index contributed by atoms with van der Waals surface area (Å²) in [5.74, 6) is -2.95. The van der Waals surface area contributed by atoms with E-state index >= 15 is 0 Å². The highest BCUT2D eigenvalue weighted by Gasteiger charge is 2.20. The number of hydrogen-bond acceptors (Lipinski definition) is 3. The van der Waals surface area contributed by atoms with Gasteiger partial charge in [0.1, 0.15) is 5.69 Å². The summed E-state index contributed by atoms with van der Waals surface area (Å²) in [6.45, 7) is 1.14. The highest BCUT2D eigenvalue weighted by Crippen LogP contribution is 2.34. The number of ether oxygens (including phenoxy) is 2. The van der Waals surface area contributed by atoms with Crippen molar-refractivity contribution in [2.45, 2.75) is 6.92 Å². The molecule has 1 amide bonds. The van der Waals surface area contributed by atoms with Crippen molar-refractivity contribution >= 4 is 11.6 Å². The summed E-state index contributed by atoms with van der Waals surface area (Å²) in [6.07, 6.45) is 0. The van der Waals surface area contributed by atoms with Crippen LogP contribution in [0.2, 0.25) is 0 Å². The minimum atomic E-state index is -0.976. The average Bonchev–Trinajstić information content (AvgIpc) is 2.24. The summed E-state index contributed by atoms with van der Waals surface area (Å²) in [5, 5.41) is 2.04. The third-order valence-electron chi connectivity index (χ3n) is 1.87. The lowest BCUT2D eigenvalue weighted by Crippen LogP contribution is -2.11. The summed E-state index contributed by atoms with van der Waals surface area (Å²) in [4.78, 5) is 10.8. The van der Waals surface area contributed by atoms with Crippen molar-refractivity contribution in [1.82, 2.24) is 0 Å². The smallest absolute Gasteiger partial charge is 0.221 e. The molecule has 1 aromatic rings. The Hall–Kier alpha value is -1.85. The summed E-state index contributed by atoms with van der Waals surface area (Å²) >= 11 is 0. The molecular formula is C10H11F2NO3. The Morgan fingerprint density at radius 1 is 1.19 bits per heavy atom. The van der Waals surface area contributed by atoms with Crippen molar-refractivity contribution in [3.8, 4) is 11.5 Å². The van der Waals surface area contributed by atoms with Gasteiger partial charge in [-0.15, -0.1) is 0 Å². The molecule has 1 rings (SSSR count). The molecule has 6 heteroatoms. The van der Waals surface area contributed by atoms with E-state index in [9.17, 15) is 13.6 Å². The molecule has 0 heterocycles. The van der Waals surface area contributed by atoms with Gasteiger partial charge in [-0.3, -0.25) is 4.79 Å². The van der Waals surface area contributed by atoms with Crippen LogP contribution >= 0.6 is 0 Å². The van der Waals surface area contributed by atoms with Crippen molar-refractivity contribution in [1.29, 1.82) is 0 Å². The van der Waals surface area contributed by atoms with Crippen molar-refractivity contribution in [3.63, 3.8) is 0 Å². The first-order valence-electron chi connectivity index (χ1n) is 4.38. The molecule has 0 aromatic heterocycles. The van der Waals surface area contributed by atoms with Crippen LogP contribution in [-0.4, -0.2) is 20.1 Å². The molecule has 1 N–H and O–H groups in total. The van der Waals surface area contributed by atoms with Gasteiger partial charge in [0.25, 0.3) is 0 Å². The van der Waals surface area contributed by atoms with Crippen LogP contribution < -0.4 is 14.8 Å². The highest BCUT2D eigenvalue weighted by molar-refractivity contribution is 5.89. The number of hydrogen-bond donors (Lipinski definition) is 1. The number of carbonyl (C=O) groups excluding carboxylic acids is 1. The maximum absolute atomic E-state index is 13.6. The number of halogens is 2. The number of rotatable bonds is 3. The third-order valence-corrected chi connectivity index (χ3v) is 1.87. The molecule has 0 saturated heterocycles. The second kappa shape index (κ2) is 4.78. The summed E-state index contributed by atoms with van der Waals surface area (Å²) in [7, 11) is 2.46. The highest BCUT2D eigenvalue weighted by atomic mass is 19.1. The molecule has 0 aliphatic heterocycles. The Morgan fingerprint density at radius 3 is 1.94 bits per heavy atom. The maximum Gasteiger partial charge on any atom is 0.221 e. The molecule has 88 valence electrons. The fourth-order valence-electron chi connectivity index (χ4n) is 1.17. The summed E-state index contributed by atoms with van der Waals surface area (Å²) in [5.41, 5.74) is -0.580. The van der Waals surface area contributed by atoms with Gasteiger partial charge in [-0.1, -0.05) is 0 Å². The zero-order chi connectivity index (χ0) is 12.3. The van der Waals surface area contributed by atoms with Gasteiger partial charge in [0.05, 0.1) is 14.2 Å². The van der Waals surface area contributed by atoms with Gasteiger partial charge in [0, 0.05) is 13.0 Å². The molecule has 0 bridgehead atoms. The van der Waals surface area contributed by atoms with Crippen molar-refractivity contribution in [2.75, 3.05) is 19.5 Å². The predicted molar refractivity (Wildman–Crippen MR) is 53.8 cm³/mol. The predicted octanol–water partition coefficient (Wildman–Crippen LogP) is 1.94. The topological polar surface area (TPSA) is 47.6 Å². The third kappa shape index (κ3) is 2.21. The maximum atomic E-state index is 13.6. The van der Waals surface area contributed by atoms with E-state index < -0.39 is 23.2 Å². The van der Waals surface area contributed by atoms with Gasteiger partial charge >= 0.3 is 0 Å². The fourth-order valence-corrected chi connectivity index (χ4v) is 1.17. The molecule has 0 radical (unpaired) electrons. The molecular weight excluding hydrogens is 220 g/mol. The number of nitrogens with one attached hydrogen (secondary N) is 1. The van der Waals surface area contributed by atoms with Gasteiger partial charge in [-0.2, -0.15) is 0 Å². The normalized spacial score (nSPS) is 9.81.